The van der Waals surface area contributed by atoms with Crippen molar-refractivity contribution in [3.05, 3.63) is 0 Å². The number of nitrogens with one attached hydrogen (secondary N) is 1. The van der Waals surface area contributed by atoms with Crippen LogP contribution in [0.15, 0.2) is 0 Å². The lowest BCUT2D eigenvalue weighted by Gasteiger charge is -2.47. The molecule has 0 aromatic heterocycles. The first kappa shape index (κ1) is 12.4. The molecule has 1 saturated carbocycles. The molecule has 1 saturated heterocycles. The van der Waals surface area contributed by atoms with Crippen molar-refractivity contribution in [2.24, 2.45) is 5.92 Å². The zero-order valence-electron chi connectivity index (χ0n) is 11.0. The molecule has 1 aliphatic heterocycles. The Labute approximate surface area is 103 Å². The molecule has 2 fully saturated rings. The molecule has 2 aliphatic rings. The lowest BCUT2D eigenvalue weighted by molar-refractivity contribution is -0.157. The van der Waals surface area contributed by atoms with Crippen LogP contribution < -0.4 is 5.32 Å². The van der Waals surface area contributed by atoms with Gasteiger partial charge in [-0.25, -0.2) is 0 Å². The van der Waals surface area contributed by atoms with Crippen LogP contribution in [0.1, 0.15) is 46.5 Å². The SMILES string of the molecule is CCCC(C)N1C(=O)CNC(=O)C1(C)C1CC1. The molecule has 0 aromatic rings. The Morgan fingerprint density at radius 2 is 2.12 bits per heavy atom. The Balaban J connectivity index is 2.28. The van der Waals surface area contributed by atoms with Gasteiger partial charge in [0, 0.05) is 6.04 Å². The van der Waals surface area contributed by atoms with Gasteiger partial charge in [0.05, 0.1) is 6.54 Å². The zero-order chi connectivity index (χ0) is 12.6. The fourth-order valence-electron chi connectivity index (χ4n) is 3.07. The number of carbonyl (C=O) groups excluding carboxylic acids is 2. The first-order chi connectivity index (χ1) is 8.01. The van der Waals surface area contributed by atoms with Crippen LogP contribution in [0.3, 0.4) is 0 Å². The summed E-state index contributed by atoms with van der Waals surface area (Å²) in [5.74, 6) is 0.452. The van der Waals surface area contributed by atoms with Crippen LogP contribution in [0.2, 0.25) is 0 Å². The van der Waals surface area contributed by atoms with E-state index in [9.17, 15) is 9.59 Å². The van der Waals surface area contributed by atoms with Gasteiger partial charge in [0.15, 0.2) is 0 Å². The van der Waals surface area contributed by atoms with Crippen molar-refractivity contribution in [1.29, 1.82) is 0 Å². The maximum atomic E-state index is 12.2. The van der Waals surface area contributed by atoms with E-state index in [1.165, 1.54) is 0 Å². The topological polar surface area (TPSA) is 49.4 Å². The van der Waals surface area contributed by atoms with Gasteiger partial charge in [0.2, 0.25) is 11.8 Å². The lowest BCUT2D eigenvalue weighted by atomic mass is 9.87. The average Bonchev–Trinajstić information content (AvgIpc) is 3.08. The van der Waals surface area contributed by atoms with Crippen molar-refractivity contribution in [2.75, 3.05) is 6.54 Å². The van der Waals surface area contributed by atoms with Crippen molar-refractivity contribution in [2.45, 2.75) is 58.0 Å². The fraction of sp³-hybridized carbons (Fsp3) is 0.846. The maximum absolute atomic E-state index is 12.2. The number of rotatable bonds is 4. The summed E-state index contributed by atoms with van der Waals surface area (Å²) in [5.41, 5.74) is -0.607. The minimum atomic E-state index is -0.607. The molecule has 0 bridgehead atoms. The third-order valence-corrected chi connectivity index (χ3v) is 4.15. The number of piperazine rings is 1. The van der Waals surface area contributed by atoms with Gasteiger partial charge >= 0.3 is 0 Å². The molecule has 0 aromatic carbocycles. The molecule has 0 spiro atoms. The van der Waals surface area contributed by atoms with E-state index in [1.54, 1.807) is 0 Å². The molecule has 2 rings (SSSR count). The Bertz CT molecular complexity index is 338. The summed E-state index contributed by atoms with van der Waals surface area (Å²) in [6, 6.07) is 0.157. The van der Waals surface area contributed by atoms with Crippen LogP contribution in [0, 0.1) is 5.92 Å². The Morgan fingerprint density at radius 3 is 2.65 bits per heavy atom. The van der Waals surface area contributed by atoms with Gasteiger partial charge in [-0.15, -0.1) is 0 Å². The molecule has 0 radical (unpaired) electrons. The highest BCUT2D eigenvalue weighted by atomic mass is 16.2. The number of amides is 2. The summed E-state index contributed by atoms with van der Waals surface area (Å²) < 4.78 is 0. The van der Waals surface area contributed by atoms with Gasteiger partial charge in [-0.3, -0.25) is 9.59 Å². The average molecular weight is 238 g/mol. The van der Waals surface area contributed by atoms with E-state index in [-0.39, 0.29) is 24.4 Å². The normalized spacial score (nSPS) is 31.4. The van der Waals surface area contributed by atoms with Gasteiger partial charge in [-0.1, -0.05) is 13.3 Å². The maximum Gasteiger partial charge on any atom is 0.246 e. The molecule has 4 nitrogen and oxygen atoms in total. The van der Waals surface area contributed by atoms with E-state index in [0.717, 1.165) is 25.7 Å². The second-order valence-electron chi connectivity index (χ2n) is 5.51. The van der Waals surface area contributed by atoms with Crippen molar-refractivity contribution < 1.29 is 9.59 Å². The van der Waals surface area contributed by atoms with Gasteiger partial charge in [-0.05, 0) is 39.0 Å². The van der Waals surface area contributed by atoms with Crippen LogP contribution >= 0.6 is 0 Å². The largest absolute Gasteiger partial charge is 0.345 e. The molecule has 2 unspecified atom stereocenters. The third-order valence-electron chi connectivity index (χ3n) is 4.15. The second-order valence-corrected chi connectivity index (χ2v) is 5.51. The van der Waals surface area contributed by atoms with Gasteiger partial charge in [0.1, 0.15) is 5.54 Å². The van der Waals surface area contributed by atoms with Gasteiger partial charge in [0.25, 0.3) is 0 Å². The van der Waals surface area contributed by atoms with E-state index in [4.69, 9.17) is 0 Å². The first-order valence-electron chi connectivity index (χ1n) is 6.62. The van der Waals surface area contributed by atoms with Crippen LogP contribution in [-0.2, 0) is 9.59 Å². The van der Waals surface area contributed by atoms with Gasteiger partial charge < -0.3 is 10.2 Å². The fourth-order valence-corrected chi connectivity index (χ4v) is 3.07. The quantitative estimate of drug-likeness (QED) is 0.802. The molecule has 1 heterocycles. The first-order valence-corrected chi connectivity index (χ1v) is 6.62. The standard InChI is InChI=1S/C13H22N2O2/c1-4-5-9(2)15-11(16)8-14-12(17)13(15,3)10-6-7-10/h9-10H,4-8H2,1-3H3,(H,14,17). The molecule has 2 amide bonds. The summed E-state index contributed by atoms with van der Waals surface area (Å²) in [6.07, 6.45) is 4.12. The number of carbonyl (C=O) groups is 2. The number of nitrogens with zero attached hydrogens (tertiary/aromatic N) is 1. The summed E-state index contributed by atoms with van der Waals surface area (Å²) >= 11 is 0. The lowest BCUT2D eigenvalue weighted by Crippen LogP contribution is -2.69. The monoisotopic (exact) mass is 238 g/mol. The number of hydrogen-bond donors (Lipinski definition) is 1. The molecule has 1 N–H and O–H groups in total. The van der Waals surface area contributed by atoms with Gasteiger partial charge in [-0.2, -0.15) is 0 Å². The van der Waals surface area contributed by atoms with E-state index in [0.29, 0.717) is 5.92 Å². The van der Waals surface area contributed by atoms with Crippen LogP contribution in [0.5, 0.6) is 0 Å². The smallest absolute Gasteiger partial charge is 0.246 e. The Kier molecular flexibility index (Phi) is 3.15. The zero-order valence-corrected chi connectivity index (χ0v) is 11.0. The van der Waals surface area contributed by atoms with Crippen molar-refractivity contribution in [3.8, 4) is 0 Å². The van der Waals surface area contributed by atoms with Crippen LogP contribution in [-0.4, -0.2) is 34.8 Å². The summed E-state index contributed by atoms with van der Waals surface area (Å²) in [6.45, 7) is 6.26. The predicted molar refractivity (Wildman–Crippen MR) is 65.4 cm³/mol. The minimum absolute atomic E-state index is 0.0301. The molecule has 2 atom stereocenters. The Morgan fingerprint density at radius 1 is 1.47 bits per heavy atom. The molecule has 96 valence electrons. The minimum Gasteiger partial charge on any atom is -0.345 e. The molecule has 17 heavy (non-hydrogen) atoms. The van der Waals surface area contributed by atoms with Crippen molar-refractivity contribution in [3.63, 3.8) is 0 Å². The second kappa shape index (κ2) is 4.31. The highest BCUT2D eigenvalue weighted by molar-refractivity contribution is 5.98. The summed E-state index contributed by atoms with van der Waals surface area (Å²) in [7, 11) is 0. The molecule has 4 heteroatoms. The molecule has 1 aliphatic carbocycles. The third kappa shape index (κ3) is 1.94. The molecular weight excluding hydrogens is 216 g/mol. The summed E-state index contributed by atoms with van der Waals surface area (Å²) in [5, 5.41) is 2.74. The predicted octanol–water partition coefficient (Wildman–Crippen LogP) is 1.30. The Hall–Kier alpha value is -1.06. The van der Waals surface area contributed by atoms with E-state index in [2.05, 4.69) is 19.2 Å². The molecular formula is C13H22N2O2. The highest BCUT2D eigenvalue weighted by Gasteiger charge is 2.55. The summed E-state index contributed by atoms with van der Waals surface area (Å²) in [4.78, 5) is 26.1. The van der Waals surface area contributed by atoms with E-state index < -0.39 is 5.54 Å². The highest BCUT2D eigenvalue weighted by Crippen LogP contribution is 2.45. The van der Waals surface area contributed by atoms with Crippen LogP contribution in [0.25, 0.3) is 0 Å². The van der Waals surface area contributed by atoms with E-state index in [1.807, 2.05) is 11.8 Å². The van der Waals surface area contributed by atoms with Crippen molar-refractivity contribution in [1.82, 2.24) is 10.2 Å². The van der Waals surface area contributed by atoms with Crippen LogP contribution in [0.4, 0.5) is 0 Å². The van der Waals surface area contributed by atoms with Crippen molar-refractivity contribution >= 4 is 11.8 Å². The number of hydrogen-bond acceptors (Lipinski definition) is 2. The van der Waals surface area contributed by atoms with E-state index >= 15 is 0 Å².